The number of carbonyl (C=O) groups excluding carboxylic acids is 1. The van der Waals surface area contributed by atoms with E-state index in [4.69, 9.17) is 9.47 Å². The summed E-state index contributed by atoms with van der Waals surface area (Å²) in [6, 6.07) is 7.16. The van der Waals surface area contributed by atoms with Gasteiger partial charge in [0.25, 0.3) is 0 Å². The zero-order valence-corrected chi connectivity index (χ0v) is 12.4. The molecule has 1 aromatic heterocycles. The highest BCUT2D eigenvalue weighted by atomic mass is 16.5. The van der Waals surface area contributed by atoms with Crippen LogP contribution >= 0.6 is 0 Å². The lowest BCUT2D eigenvalue weighted by molar-refractivity contribution is -0.00445. The van der Waals surface area contributed by atoms with Gasteiger partial charge in [0.2, 0.25) is 0 Å². The number of benzene rings is 1. The van der Waals surface area contributed by atoms with Crippen molar-refractivity contribution in [2.75, 3.05) is 13.2 Å². The van der Waals surface area contributed by atoms with Crippen molar-refractivity contribution in [3.05, 3.63) is 42.5 Å². The molecular formula is C16H19N3O3. The molecule has 1 aliphatic rings. The third-order valence-corrected chi connectivity index (χ3v) is 3.77. The number of ether oxygens (including phenoxy) is 2. The SMILES string of the molecule is O=C(OCCC1CCCCO1)c1ccc(-n2cnnc2)cc1. The highest BCUT2D eigenvalue weighted by Crippen LogP contribution is 2.16. The van der Waals surface area contributed by atoms with Crippen LogP contribution in [0.25, 0.3) is 5.69 Å². The number of aromatic nitrogens is 3. The molecule has 0 saturated carbocycles. The minimum Gasteiger partial charge on any atom is -0.462 e. The summed E-state index contributed by atoms with van der Waals surface area (Å²) in [6.07, 6.45) is 7.61. The third-order valence-electron chi connectivity index (χ3n) is 3.77. The summed E-state index contributed by atoms with van der Waals surface area (Å²) in [6.45, 7) is 1.22. The van der Waals surface area contributed by atoms with Crippen molar-refractivity contribution < 1.29 is 14.3 Å². The molecule has 3 rings (SSSR count). The van der Waals surface area contributed by atoms with Crippen molar-refractivity contribution in [3.63, 3.8) is 0 Å². The first kappa shape index (κ1) is 14.7. The van der Waals surface area contributed by atoms with Gasteiger partial charge in [-0.15, -0.1) is 10.2 Å². The molecule has 1 aliphatic heterocycles. The van der Waals surface area contributed by atoms with Crippen molar-refractivity contribution in [3.8, 4) is 5.69 Å². The molecule has 0 N–H and O–H groups in total. The molecule has 22 heavy (non-hydrogen) atoms. The van der Waals surface area contributed by atoms with Gasteiger partial charge in [0.1, 0.15) is 12.7 Å². The average molecular weight is 301 g/mol. The molecule has 1 fully saturated rings. The molecule has 0 amide bonds. The largest absolute Gasteiger partial charge is 0.462 e. The van der Waals surface area contributed by atoms with Crippen LogP contribution in [0, 0.1) is 0 Å². The van der Waals surface area contributed by atoms with Crippen LogP contribution in [0.5, 0.6) is 0 Å². The van der Waals surface area contributed by atoms with Crippen LogP contribution in [0.1, 0.15) is 36.0 Å². The number of esters is 1. The lowest BCUT2D eigenvalue weighted by Gasteiger charge is -2.22. The summed E-state index contributed by atoms with van der Waals surface area (Å²) in [5, 5.41) is 7.50. The van der Waals surface area contributed by atoms with E-state index in [0.29, 0.717) is 12.2 Å². The van der Waals surface area contributed by atoms with Gasteiger partial charge in [0.15, 0.2) is 0 Å². The molecule has 2 aromatic rings. The zero-order valence-electron chi connectivity index (χ0n) is 12.4. The van der Waals surface area contributed by atoms with Crippen LogP contribution < -0.4 is 0 Å². The molecule has 1 unspecified atom stereocenters. The number of rotatable bonds is 5. The van der Waals surface area contributed by atoms with Crippen LogP contribution in [-0.4, -0.2) is 40.1 Å². The highest BCUT2D eigenvalue weighted by Gasteiger charge is 2.15. The Bertz CT molecular complexity index is 590. The molecule has 0 spiro atoms. The maximum absolute atomic E-state index is 12.0. The van der Waals surface area contributed by atoms with Gasteiger partial charge in [-0.05, 0) is 43.5 Å². The van der Waals surface area contributed by atoms with E-state index in [-0.39, 0.29) is 12.1 Å². The fourth-order valence-electron chi connectivity index (χ4n) is 2.51. The van der Waals surface area contributed by atoms with Gasteiger partial charge in [0.05, 0.1) is 18.3 Å². The first-order valence-corrected chi connectivity index (χ1v) is 7.57. The molecule has 0 bridgehead atoms. The van der Waals surface area contributed by atoms with Crippen molar-refractivity contribution in [1.82, 2.24) is 14.8 Å². The van der Waals surface area contributed by atoms with Gasteiger partial charge in [-0.3, -0.25) is 4.57 Å². The van der Waals surface area contributed by atoms with E-state index in [0.717, 1.165) is 31.6 Å². The topological polar surface area (TPSA) is 66.2 Å². The maximum Gasteiger partial charge on any atom is 0.338 e. The van der Waals surface area contributed by atoms with Crippen molar-refractivity contribution in [2.24, 2.45) is 0 Å². The Kier molecular flexibility index (Phi) is 4.80. The van der Waals surface area contributed by atoms with E-state index in [2.05, 4.69) is 10.2 Å². The molecular weight excluding hydrogens is 282 g/mol. The Balaban J connectivity index is 1.49. The van der Waals surface area contributed by atoms with Gasteiger partial charge >= 0.3 is 5.97 Å². The Morgan fingerprint density at radius 1 is 1.23 bits per heavy atom. The van der Waals surface area contributed by atoms with Gasteiger partial charge in [0, 0.05) is 18.7 Å². The quantitative estimate of drug-likeness (QED) is 0.793. The van der Waals surface area contributed by atoms with Crippen LogP contribution in [0.4, 0.5) is 0 Å². The highest BCUT2D eigenvalue weighted by molar-refractivity contribution is 5.89. The fraction of sp³-hybridized carbons (Fsp3) is 0.438. The Hall–Kier alpha value is -2.21. The standard InChI is InChI=1S/C16H19N3O3/c20-16(22-10-8-15-3-1-2-9-21-15)13-4-6-14(7-5-13)19-11-17-18-12-19/h4-7,11-12,15H,1-3,8-10H2. The van der Waals surface area contributed by atoms with E-state index in [1.807, 2.05) is 12.1 Å². The maximum atomic E-state index is 12.0. The molecule has 0 radical (unpaired) electrons. The first-order valence-electron chi connectivity index (χ1n) is 7.57. The van der Waals surface area contributed by atoms with Gasteiger partial charge in [-0.1, -0.05) is 0 Å². The minimum atomic E-state index is -0.300. The van der Waals surface area contributed by atoms with Crippen LogP contribution in [0.2, 0.25) is 0 Å². The second kappa shape index (κ2) is 7.17. The molecule has 1 saturated heterocycles. The van der Waals surface area contributed by atoms with Crippen molar-refractivity contribution in [1.29, 1.82) is 0 Å². The monoisotopic (exact) mass is 301 g/mol. The molecule has 6 nitrogen and oxygen atoms in total. The normalized spacial score (nSPS) is 18.1. The minimum absolute atomic E-state index is 0.234. The molecule has 1 aromatic carbocycles. The van der Waals surface area contributed by atoms with Crippen LogP contribution in [0.15, 0.2) is 36.9 Å². The van der Waals surface area contributed by atoms with Crippen LogP contribution in [0.3, 0.4) is 0 Å². The second-order valence-electron chi connectivity index (χ2n) is 5.33. The summed E-state index contributed by atoms with van der Waals surface area (Å²) in [5.41, 5.74) is 1.44. The first-order chi connectivity index (χ1) is 10.8. The summed E-state index contributed by atoms with van der Waals surface area (Å²) >= 11 is 0. The van der Waals surface area contributed by atoms with Crippen LogP contribution in [-0.2, 0) is 9.47 Å². The molecule has 6 heteroatoms. The number of hydrogen-bond donors (Lipinski definition) is 0. The Morgan fingerprint density at radius 2 is 2.00 bits per heavy atom. The smallest absolute Gasteiger partial charge is 0.338 e. The van der Waals surface area contributed by atoms with E-state index in [1.54, 1.807) is 29.4 Å². The van der Waals surface area contributed by atoms with Crippen molar-refractivity contribution in [2.45, 2.75) is 31.8 Å². The average Bonchev–Trinajstić information content (AvgIpc) is 3.10. The van der Waals surface area contributed by atoms with Gasteiger partial charge in [-0.25, -0.2) is 4.79 Å². The molecule has 1 atom stereocenters. The van der Waals surface area contributed by atoms with E-state index in [9.17, 15) is 4.79 Å². The second-order valence-corrected chi connectivity index (χ2v) is 5.33. The summed E-state index contributed by atoms with van der Waals surface area (Å²) in [5.74, 6) is -0.300. The van der Waals surface area contributed by atoms with E-state index in [1.165, 1.54) is 6.42 Å². The lowest BCUT2D eigenvalue weighted by atomic mass is 10.1. The summed E-state index contributed by atoms with van der Waals surface area (Å²) < 4.78 is 12.7. The Labute approximate surface area is 129 Å². The predicted molar refractivity (Wildman–Crippen MR) is 79.8 cm³/mol. The fourth-order valence-corrected chi connectivity index (χ4v) is 2.51. The third kappa shape index (κ3) is 3.71. The number of nitrogens with zero attached hydrogens (tertiary/aromatic N) is 3. The summed E-state index contributed by atoms with van der Waals surface area (Å²) in [7, 11) is 0. The predicted octanol–water partition coefficient (Wildman–Crippen LogP) is 2.38. The van der Waals surface area contributed by atoms with E-state index < -0.39 is 0 Å². The number of carbonyl (C=O) groups is 1. The van der Waals surface area contributed by atoms with Gasteiger partial charge in [-0.2, -0.15) is 0 Å². The lowest BCUT2D eigenvalue weighted by Crippen LogP contribution is -2.21. The zero-order chi connectivity index (χ0) is 15.2. The molecule has 0 aliphatic carbocycles. The van der Waals surface area contributed by atoms with Crippen molar-refractivity contribution >= 4 is 5.97 Å². The molecule has 116 valence electrons. The summed E-state index contributed by atoms with van der Waals surface area (Å²) in [4.78, 5) is 12.0. The Morgan fingerprint density at radius 3 is 2.68 bits per heavy atom. The number of hydrogen-bond acceptors (Lipinski definition) is 5. The molecule has 2 heterocycles. The van der Waals surface area contributed by atoms with Gasteiger partial charge < -0.3 is 9.47 Å². The van der Waals surface area contributed by atoms with E-state index >= 15 is 0 Å².